The van der Waals surface area contributed by atoms with Gasteiger partial charge in [-0.25, -0.2) is 13.7 Å². The number of hydrogen-bond acceptors (Lipinski definition) is 14. The summed E-state index contributed by atoms with van der Waals surface area (Å²) in [4.78, 5) is 73.3. The Kier molecular flexibility index (Phi) is 36.5. The maximum atomic E-state index is 13.2. The van der Waals surface area contributed by atoms with Gasteiger partial charge in [-0.2, -0.15) is 0 Å². The van der Waals surface area contributed by atoms with Crippen molar-refractivity contribution >= 4 is 35.4 Å². The number of esters is 2. The number of carbonyl (C=O) groups is 2. The molecule has 6 unspecified atom stereocenters. The number of phosphoric acid groups is 3. The minimum absolute atomic E-state index is 0.0649. The fraction of sp³-hybridized carbons (Fsp3) is 0.787. The predicted octanol–water partition coefficient (Wildman–Crippen LogP) is 9.40. The van der Waals surface area contributed by atoms with Crippen LogP contribution in [0.1, 0.15) is 181 Å². The third-order valence-electron chi connectivity index (χ3n) is 11.1. The van der Waals surface area contributed by atoms with Crippen molar-refractivity contribution in [2.45, 2.75) is 224 Å². The molecule has 1 aliphatic rings. The van der Waals surface area contributed by atoms with Crippen LogP contribution in [0.5, 0.6) is 0 Å². The average Bonchev–Trinajstić information content (AvgIpc) is 3.28. The Labute approximate surface area is 410 Å². The van der Waals surface area contributed by atoms with Crippen molar-refractivity contribution in [3.8, 4) is 0 Å². The van der Waals surface area contributed by atoms with Crippen LogP contribution in [0.3, 0.4) is 0 Å². The van der Waals surface area contributed by atoms with Crippen molar-refractivity contribution in [2.75, 3.05) is 13.2 Å². The molecule has 19 nitrogen and oxygen atoms in total. The summed E-state index contributed by atoms with van der Waals surface area (Å²) in [5, 5.41) is 31.9. The lowest BCUT2D eigenvalue weighted by Gasteiger charge is -2.44. The van der Waals surface area contributed by atoms with Crippen LogP contribution >= 0.6 is 23.5 Å². The smallest absolute Gasteiger partial charge is 0.462 e. The van der Waals surface area contributed by atoms with E-state index in [4.69, 9.17) is 18.5 Å². The monoisotopic (exact) mass is 1050 g/mol. The maximum absolute atomic E-state index is 13.2. The molecule has 0 aromatic rings. The van der Waals surface area contributed by atoms with Crippen LogP contribution < -0.4 is 0 Å². The number of allylic oxidation sites excluding steroid dienone is 8. The molecule has 0 amide bonds. The van der Waals surface area contributed by atoms with Gasteiger partial charge < -0.3 is 49.3 Å². The Morgan fingerprint density at radius 2 is 0.826 bits per heavy atom. The first-order valence-electron chi connectivity index (χ1n) is 24.9. The highest BCUT2D eigenvalue weighted by Crippen LogP contribution is 2.51. The molecular weight excluding hydrogens is 961 g/mol. The minimum Gasteiger partial charge on any atom is -0.462 e. The molecule has 0 aromatic heterocycles. The van der Waals surface area contributed by atoms with Gasteiger partial charge in [0.25, 0.3) is 0 Å². The van der Waals surface area contributed by atoms with Gasteiger partial charge in [0.05, 0.1) is 6.61 Å². The molecule has 8 atom stereocenters. The van der Waals surface area contributed by atoms with Gasteiger partial charge in [-0.05, 0) is 51.4 Å². The zero-order valence-corrected chi connectivity index (χ0v) is 43.6. The van der Waals surface area contributed by atoms with E-state index in [0.29, 0.717) is 25.7 Å². The van der Waals surface area contributed by atoms with Crippen molar-refractivity contribution in [2.24, 2.45) is 0 Å². The van der Waals surface area contributed by atoms with E-state index in [9.17, 15) is 63.1 Å². The van der Waals surface area contributed by atoms with Crippen LogP contribution in [-0.4, -0.2) is 108 Å². The van der Waals surface area contributed by atoms with Crippen LogP contribution in [-0.2, 0) is 50.9 Å². The molecule has 0 aromatic carbocycles. The standard InChI is InChI=1S/C47H85O19P3/c1-3-5-7-9-11-13-15-17-19-20-22-24-26-28-30-32-34-36-41(49)63-39(37-61-40(48)35-33-31-29-27-25-23-21-18-16-14-12-10-8-6-4-2)38-62-69(59,60)66-47-43(51)45(64-67(53,54)55)42(50)46(44(47)52)65-68(56,57)58/h11,13,17,19,22,24,28,30,39,42-47,50-52H,3-10,12,14-16,18,20-21,23,25-27,29,31-38H2,1-2H3,(H,59,60)(H2,53,54,55)(H2,56,57,58)/b13-11-,19-17-,24-22-,30-28-/t39-,42?,43?,44?,45-,46?,47?/m1/s1. The summed E-state index contributed by atoms with van der Waals surface area (Å²) in [6, 6.07) is 0. The normalized spacial score (nSPS) is 21.7. The van der Waals surface area contributed by atoms with Gasteiger partial charge in [-0.1, -0.05) is 165 Å². The molecule has 1 rings (SSSR count). The zero-order chi connectivity index (χ0) is 51.4. The maximum Gasteiger partial charge on any atom is 0.472 e. The first kappa shape index (κ1) is 65.1. The van der Waals surface area contributed by atoms with E-state index in [1.165, 1.54) is 83.5 Å². The first-order valence-corrected chi connectivity index (χ1v) is 29.5. The van der Waals surface area contributed by atoms with E-state index in [1.807, 2.05) is 18.2 Å². The highest BCUT2D eigenvalue weighted by molar-refractivity contribution is 7.47. The summed E-state index contributed by atoms with van der Waals surface area (Å²) in [5.41, 5.74) is 0. The van der Waals surface area contributed by atoms with Crippen molar-refractivity contribution in [3.63, 3.8) is 0 Å². The number of carbonyl (C=O) groups excluding carboxylic acids is 2. The number of aliphatic hydroxyl groups excluding tert-OH is 3. The van der Waals surface area contributed by atoms with E-state index in [2.05, 4.69) is 53.3 Å². The molecule has 0 aliphatic heterocycles. The third kappa shape index (κ3) is 35.0. The highest BCUT2D eigenvalue weighted by Gasteiger charge is 2.56. The lowest BCUT2D eigenvalue weighted by Crippen LogP contribution is -2.65. The first-order chi connectivity index (χ1) is 32.8. The zero-order valence-electron chi connectivity index (χ0n) is 40.9. The summed E-state index contributed by atoms with van der Waals surface area (Å²) >= 11 is 0. The fourth-order valence-electron chi connectivity index (χ4n) is 7.40. The van der Waals surface area contributed by atoms with Gasteiger partial charge in [0.15, 0.2) is 6.10 Å². The summed E-state index contributed by atoms with van der Waals surface area (Å²) in [6.07, 6.45) is 25.5. The summed E-state index contributed by atoms with van der Waals surface area (Å²) in [6.45, 7) is 2.86. The molecule has 0 spiro atoms. The summed E-state index contributed by atoms with van der Waals surface area (Å²) in [5.74, 6) is -1.37. The molecule has 402 valence electrons. The Morgan fingerprint density at radius 1 is 0.464 bits per heavy atom. The minimum atomic E-state index is -5.56. The fourth-order valence-corrected chi connectivity index (χ4v) is 9.51. The van der Waals surface area contributed by atoms with E-state index in [-0.39, 0.29) is 12.8 Å². The average molecular weight is 1050 g/mol. The SMILES string of the molecule is CCCCC/C=C\C/C=C\C/C=C\C/C=C\CCCC(=O)O[C@H](COC(=O)CCCCCCCCCCCCCCCCC)COP(=O)(O)OC1C(O)C(OP(=O)(O)O)C(O)[C@@H](OP(=O)(O)O)C1O. The van der Waals surface area contributed by atoms with E-state index in [1.54, 1.807) is 0 Å². The van der Waals surface area contributed by atoms with Gasteiger partial charge in [-0.15, -0.1) is 0 Å². The summed E-state index contributed by atoms with van der Waals surface area (Å²) in [7, 11) is -16.6. The Hall–Kier alpha value is -1.89. The summed E-state index contributed by atoms with van der Waals surface area (Å²) < 4.78 is 65.5. The van der Waals surface area contributed by atoms with Gasteiger partial charge in [0, 0.05) is 12.8 Å². The Morgan fingerprint density at radius 3 is 1.26 bits per heavy atom. The quantitative estimate of drug-likeness (QED) is 0.0122. The number of ether oxygens (including phenoxy) is 2. The molecule has 8 N–H and O–H groups in total. The number of phosphoric ester groups is 3. The number of hydrogen-bond donors (Lipinski definition) is 8. The third-order valence-corrected chi connectivity index (χ3v) is 13.2. The number of rotatable bonds is 42. The lowest BCUT2D eigenvalue weighted by atomic mass is 9.85. The van der Waals surface area contributed by atoms with Gasteiger partial charge in [-0.3, -0.25) is 27.7 Å². The van der Waals surface area contributed by atoms with Crippen LogP contribution in [0.4, 0.5) is 0 Å². The Balaban J connectivity index is 2.77. The Bertz CT molecular complexity index is 1590. The van der Waals surface area contributed by atoms with Crippen LogP contribution in [0.25, 0.3) is 0 Å². The highest BCUT2D eigenvalue weighted by atomic mass is 31.2. The largest absolute Gasteiger partial charge is 0.472 e. The topological polar surface area (TPSA) is 303 Å². The van der Waals surface area contributed by atoms with E-state index < -0.39 is 91.3 Å². The van der Waals surface area contributed by atoms with Gasteiger partial charge in [0.2, 0.25) is 0 Å². The molecule has 0 bridgehead atoms. The van der Waals surface area contributed by atoms with Crippen molar-refractivity contribution in [3.05, 3.63) is 48.6 Å². The molecule has 1 saturated carbocycles. The van der Waals surface area contributed by atoms with Crippen LogP contribution in [0.2, 0.25) is 0 Å². The second kappa shape index (κ2) is 38.7. The van der Waals surface area contributed by atoms with Crippen LogP contribution in [0, 0.1) is 0 Å². The van der Waals surface area contributed by atoms with Crippen molar-refractivity contribution in [1.29, 1.82) is 0 Å². The van der Waals surface area contributed by atoms with Crippen molar-refractivity contribution in [1.82, 2.24) is 0 Å². The van der Waals surface area contributed by atoms with E-state index in [0.717, 1.165) is 44.9 Å². The molecule has 0 heterocycles. The van der Waals surface area contributed by atoms with Gasteiger partial charge in [0.1, 0.15) is 43.2 Å². The molecule has 0 radical (unpaired) electrons. The lowest BCUT2D eigenvalue weighted by molar-refractivity contribution is -0.213. The molecular formula is C47H85O19P3. The van der Waals surface area contributed by atoms with Crippen molar-refractivity contribution < 1.29 is 90.6 Å². The molecule has 1 aliphatic carbocycles. The molecule has 22 heteroatoms. The van der Waals surface area contributed by atoms with Gasteiger partial charge >= 0.3 is 35.4 Å². The second-order valence-corrected chi connectivity index (χ2v) is 21.2. The number of unbranched alkanes of at least 4 members (excludes halogenated alkanes) is 18. The molecule has 69 heavy (non-hydrogen) atoms. The predicted molar refractivity (Wildman–Crippen MR) is 261 cm³/mol. The molecule has 1 fully saturated rings. The second-order valence-electron chi connectivity index (χ2n) is 17.4. The number of aliphatic hydroxyl groups is 3. The molecule has 0 saturated heterocycles. The van der Waals surface area contributed by atoms with Crippen LogP contribution in [0.15, 0.2) is 48.6 Å². The van der Waals surface area contributed by atoms with E-state index >= 15 is 0 Å².